The van der Waals surface area contributed by atoms with Crippen LogP contribution in [0.2, 0.25) is 0 Å². The monoisotopic (exact) mass is 246 g/mol. The van der Waals surface area contributed by atoms with Crippen LogP contribution in [-0.2, 0) is 0 Å². The number of carboxylic acids is 1. The molecule has 0 spiro atoms. The number of anilines is 1. The lowest BCUT2D eigenvalue weighted by Gasteiger charge is -2.33. The Hall–Kier alpha value is -1.58. The minimum Gasteiger partial charge on any atom is -0.477 e. The summed E-state index contributed by atoms with van der Waals surface area (Å²) in [5.74, 6) is 1.57. The molecule has 1 saturated carbocycles. The second-order valence-electron chi connectivity index (χ2n) is 5.37. The summed E-state index contributed by atoms with van der Waals surface area (Å²) in [5, 5.41) is 8.98. The summed E-state index contributed by atoms with van der Waals surface area (Å²) >= 11 is 0. The fourth-order valence-corrected chi connectivity index (χ4v) is 2.89. The van der Waals surface area contributed by atoms with Crippen molar-refractivity contribution in [3.8, 4) is 0 Å². The largest absolute Gasteiger partial charge is 0.477 e. The van der Waals surface area contributed by atoms with Crippen molar-refractivity contribution in [3.63, 3.8) is 0 Å². The van der Waals surface area contributed by atoms with Crippen molar-refractivity contribution in [1.82, 2.24) is 4.98 Å². The zero-order valence-corrected chi connectivity index (χ0v) is 10.4. The molecule has 0 aromatic carbocycles. The van der Waals surface area contributed by atoms with E-state index >= 15 is 0 Å². The van der Waals surface area contributed by atoms with E-state index in [2.05, 4.69) is 9.88 Å². The van der Waals surface area contributed by atoms with Crippen LogP contribution in [0.15, 0.2) is 18.2 Å². The average molecular weight is 246 g/mol. The Kier molecular flexibility index (Phi) is 2.94. The Labute approximate surface area is 107 Å². The molecule has 1 N–H and O–H groups in total. The van der Waals surface area contributed by atoms with Gasteiger partial charge in [0.2, 0.25) is 0 Å². The number of carbonyl (C=O) groups is 1. The first-order valence-electron chi connectivity index (χ1n) is 6.69. The summed E-state index contributed by atoms with van der Waals surface area (Å²) in [4.78, 5) is 17.4. The smallest absolute Gasteiger partial charge is 0.354 e. The van der Waals surface area contributed by atoms with Gasteiger partial charge in [-0.2, -0.15) is 0 Å². The van der Waals surface area contributed by atoms with Gasteiger partial charge in [0.15, 0.2) is 5.69 Å². The van der Waals surface area contributed by atoms with E-state index in [0.29, 0.717) is 0 Å². The van der Waals surface area contributed by atoms with E-state index in [1.54, 1.807) is 12.1 Å². The van der Waals surface area contributed by atoms with E-state index in [0.717, 1.165) is 30.7 Å². The molecule has 0 amide bonds. The van der Waals surface area contributed by atoms with Gasteiger partial charge in [0, 0.05) is 13.1 Å². The van der Waals surface area contributed by atoms with Crippen molar-refractivity contribution in [2.24, 2.45) is 11.8 Å². The van der Waals surface area contributed by atoms with Crippen LogP contribution in [-0.4, -0.2) is 29.1 Å². The van der Waals surface area contributed by atoms with Gasteiger partial charge < -0.3 is 10.0 Å². The standard InChI is InChI=1S/C14H18N2O2/c17-14(18)12-4-1-5-13(15-12)16-8-2-3-11(9-16)10-6-7-10/h1,4-5,10-11H,2-3,6-9H2,(H,17,18). The van der Waals surface area contributed by atoms with Gasteiger partial charge in [-0.05, 0) is 49.7 Å². The van der Waals surface area contributed by atoms with E-state index in [1.165, 1.54) is 25.7 Å². The number of carboxylic acid groups (broad SMARTS) is 1. The highest BCUT2D eigenvalue weighted by molar-refractivity contribution is 5.85. The Balaban J connectivity index is 1.76. The highest BCUT2D eigenvalue weighted by Crippen LogP contribution is 2.41. The molecule has 0 radical (unpaired) electrons. The molecule has 4 heteroatoms. The first-order chi connectivity index (χ1) is 8.74. The molecule has 18 heavy (non-hydrogen) atoms. The zero-order valence-electron chi connectivity index (χ0n) is 10.4. The molecule has 3 rings (SSSR count). The molecule has 2 fully saturated rings. The maximum Gasteiger partial charge on any atom is 0.354 e. The number of aromatic carboxylic acids is 1. The van der Waals surface area contributed by atoms with Gasteiger partial charge in [0.1, 0.15) is 5.82 Å². The van der Waals surface area contributed by atoms with E-state index in [1.807, 2.05) is 6.07 Å². The van der Waals surface area contributed by atoms with Crippen molar-refractivity contribution in [2.75, 3.05) is 18.0 Å². The van der Waals surface area contributed by atoms with Crippen LogP contribution in [0, 0.1) is 11.8 Å². The minimum absolute atomic E-state index is 0.140. The van der Waals surface area contributed by atoms with Crippen molar-refractivity contribution in [1.29, 1.82) is 0 Å². The highest BCUT2D eigenvalue weighted by atomic mass is 16.4. The summed E-state index contributed by atoms with van der Waals surface area (Å²) < 4.78 is 0. The third kappa shape index (κ3) is 2.33. The average Bonchev–Trinajstić information content (AvgIpc) is 3.23. The summed E-state index contributed by atoms with van der Waals surface area (Å²) in [7, 11) is 0. The van der Waals surface area contributed by atoms with Crippen molar-refractivity contribution in [3.05, 3.63) is 23.9 Å². The lowest BCUT2D eigenvalue weighted by molar-refractivity contribution is 0.0690. The Morgan fingerprint density at radius 2 is 2.11 bits per heavy atom. The molecule has 1 aliphatic carbocycles. The first-order valence-corrected chi connectivity index (χ1v) is 6.69. The number of aromatic nitrogens is 1. The van der Waals surface area contributed by atoms with Crippen LogP contribution in [0.5, 0.6) is 0 Å². The summed E-state index contributed by atoms with van der Waals surface area (Å²) in [5.41, 5.74) is 0.140. The van der Waals surface area contributed by atoms with Gasteiger partial charge >= 0.3 is 5.97 Å². The van der Waals surface area contributed by atoms with Crippen LogP contribution in [0.25, 0.3) is 0 Å². The number of rotatable bonds is 3. The lowest BCUT2D eigenvalue weighted by atomic mass is 9.93. The van der Waals surface area contributed by atoms with E-state index in [9.17, 15) is 4.79 Å². The first kappa shape index (κ1) is 11.5. The fourth-order valence-electron chi connectivity index (χ4n) is 2.89. The van der Waals surface area contributed by atoms with Crippen molar-refractivity contribution >= 4 is 11.8 Å². The predicted octanol–water partition coefficient (Wildman–Crippen LogP) is 2.41. The number of piperidine rings is 1. The third-order valence-electron chi connectivity index (χ3n) is 4.02. The molecule has 1 aliphatic heterocycles. The molecule has 0 bridgehead atoms. The quantitative estimate of drug-likeness (QED) is 0.889. The molecule has 2 heterocycles. The Bertz CT molecular complexity index is 457. The number of pyridine rings is 1. The van der Waals surface area contributed by atoms with Gasteiger partial charge in [0.05, 0.1) is 0 Å². The minimum atomic E-state index is -0.951. The van der Waals surface area contributed by atoms with E-state index < -0.39 is 5.97 Å². The number of hydrogen-bond donors (Lipinski definition) is 1. The van der Waals surface area contributed by atoms with E-state index in [4.69, 9.17) is 5.11 Å². The lowest BCUT2D eigenvalue weighted by Crippen LogP contribution is -2.36. The summed E-state index contributed by atoms with van der Waals surface area (Å²) in [6.45, 7) is 2.04. The van der Waals surface area contributed by atoms with Gasteiger partial charge in [-0.1, -0.05) is 6.07 Å². The molecular formula is C14H18N2O2. The molecule has 4 nitrogen and oxygen atoms in total. The fraction of sp³-hybridized carbons (Fsp3) is 0.571. The topological polar surface area (TPSA) is 53.4 Å². The van der Waals surface area contributed by atoms with Crippen LogP contribution in [0.1, 0.15) is 36.2 Å². The molecule has 96 valence electrons. The van der Waals surface area contributed by atoms with Gasteiger partial charge in [0.25, 0.3) is 0 Å². The Morgan fingerprint density at radius 3 is 2.83 bits per heavy atom. The number of hydrogen-bond acceptors (Lipinski definition) is 3. The highest BCUT2D eigenvalue weighted by Gasteiger charge is 2.34. The molecule has 2 aliphatic rings. The van der Waals surface area contributed by atoms with Crippen molar-refractivity contribution < 1.29 is 9.90 Å². The maximum atomic E-state index is 10.9. The van der Waals surface area contributed by atoms with Crippen LogP contribution >= 0.6 is 0 Å². The maximum absolute atomic E-state index is 10.9. The van der Waals surface area contributed by atoms with Crippen molar-refractivity contribution in [2.45, 2.75) is 25.7 Å². The normalized spacial score (nSPS) is 24.0. The van der Waals surface area contributed by atoms with Crippen LogP contribution in [0.3, 0.4) is 0 Å². The molecule has 1 aromatic heterocycles. The van der Waals surface area contributed by atoms with Gasteiger partial charge in [-0.3, -0.25) is 0 Å². The zero-order chi connectivity index (χ0) is 12.5. The predicted molar refractivity (Wildman–Crippen MR) is 68.9 cm³/mol. The SMILES string of the molecule is O=C(O)c1cccc(N2CCCC(C3CC3)C2)n1. The molecule has 1 unspecified atom stereocenters. The van der Waals surface area contributed by atoms with Gasteiger partial charge in [-0.25, -0.2) is 9.78 Å². The summed E-state index contributed by atoms with van der Waals surface area (Å²) in [6, 6.07) is 5.25. The van der Waals surface area contributed by atoms with Gasteiger partial charge in [-0.15, -0.1) is 0 Å². The van der Waals surface area contributed by atoms with Crippen LogP contribution in [0.4, 0.5) is 5.82 Å². The molecule has 1 aromatic rings. The second kappa shape index (κ2) is 4.59. The molecular weight excluding hydrogens is 228 g/mol. The Morgan fingerprint density at radius 1 is 1.28 bits per heavy atom. The van der Waals surface area contributed by atoms with Crippen LogP contribution < -0.4 is 4.90 Å². The molecule has 1 atom stereocenters. The van der Waals surface area contributed by atoms with E-state index in [-0.39, 0.29) is 5.69 Å². The number of nitrogens with zero attached hydrogens (tertiary/aromatic N) is 2. The summed E-state index contributed by atoms with van der Waals surface area (Å²) in [6.07, 6.45) is 5.27. The second-order valence-corrected chi connectivity index (χ2v) is 5.37. The molecule has 1 saturated heterocycles. The third-order valence-corrected chi connectivity index (χ3v) is 4.02.